The molecule has 2 N–H and O–H groups in total. The smallest absolute Gasteiger partial charge is 0.0897 e. The van der Waals surface area contributed by atoms with Crippen LogP contribution in [0.4, 0.5) is 0 Å². The highest BCUT2D eigenvalue weighted by molar-refractivity contribution is 4.69. The minimum atomic E-state index is -0.351. The average Bonchev–Trinajstić information content (AvgIpc) is 2.11. The number of nitrogens with one attached hydrogen (secondary N) is 1. The summed E-state index contributed by atoms with van der Waals surface area (Å²) in [4.78, 5) is 0. The Bertz CT molecular complexity index is 137. The van der Waals surface area contributed by atoms with Gasteiger partial charge in [-0.15, -0.1) is 0 Å². The van der Waals surface area contributed by atoms with Gasteiger partial charge in [0, 0.05) is 13.2 Å². The largest absolute Gasteiger partial charge is 0.389 e. The lowest BCUT2D eigenvalue weighted by atomic mass is 9.83. The van der Waals surface area contributed by atoms with Crippen LogP contribution in [0, 0.1) is 5.92 Å². The topological polar surface area (TPSA) is 41.5 Å². The van der Waals surface area contributed by atoms with Crippen LogP contribution in [0.3, 0.4) is 0 Å². The van der Waals surface area contributed by atoms with E-state index < -0.39 is 0 Å². The molecule has 1 unspecified atom stereocenters. The molecular formula is C11H23NO2. The van der Waals surface area contributed by atoms with Gasteiger partial charge in [-0.25, -0.2) is 0 Å². The maximum atomic E-state index is 9.43. The highest BCUT2D eigenvalue weighted by Crippen LogP contribution is 2.28. The second-order valence-electron chi connectivity index (χ2n) is 4.12. The molecule has 0 aliphatic heterocycles. The zero-order valence-corrected chi connectivity index (χ0v) is 9.17. The second kappa shape index (κ2) is 7.21. The normalized spacial score (nSPS) is 19.3. The quantitative estimate of drug-likeness (QED) is 0.579. The number of aliphatic hydroxyl groups excluding tert-OH is 1. The summed E-state index contributed by atoms with van der Waals surface area (Å²) in [6.45, 7) is 4.86. The van der Waals surface area contributed by atoms with Gasteiger partial charge in [-0.1, -0.05) is 26.2 Å². The van der Waals surface area contributed by atoms with Gasteiger partial charge in [0.25, 0.3) is 0 Å². The van der Waals surface area contributed by atoms with Crippen molar-refractivity contribution in [1.82, 2.24) is 5.32 Å². The summed E-state index contributed by atoms with van der Waals surface area (Å²) in [5, 5.41) is 12.5. The van der Waals surface area contributed by atoms with Crippen molar-refractivity contribution in [2.45, 2.75) is 38.7 Å². The number of hydrogen-bond donors (Lipinski definition) is 2. The maximum absolute atomic E-state index is 9.43. The van der Waals surface area contributed by atoms with E-state index in [1.807, 2.05) is 6.92 Å². The van der Waals surface area contributed by atoms with Gasteiger partial charge in [-0.2, -0.15) is 0 Å². The van der Waals surface area contributed by atoms with Gasteiger partial charge in [0.2, 0.25) is 0 Å². The first-order chi connectivity index (χ1) is 6.83. The molecule has 14 heavy (non-hydrogen) atoms. The zero-order chi connectivity index (χ0) is 10.2. The van der Waals surface area contributed by atoms with E-state index in [1.165, 1.54) is 25.7 Å². The van der Waals surface area contributed by atoms with Crippen molar-refractivity contribution in [3.05, 3.63) is 0 Å². The third-order valence-electron chi connectivity index (χ3n) is 2.84. The van der Waals surface area contributed by atoms with Crippen LogP contribution >= 0.6 is 0 Å². The molecule has 0 aromatic carbocycles. The summed E-state index contributed by atoms with van der Waals surface area (Å²) in [6, 6.07) is 0. The second-order valence-corrected chi connectivity index (χ2v) is 4.12. The average molecular weight is 201 g/mol. The lowest BCUT2D eigenvalue weighted by Crippen LogP contribution is -2.30. The summed E-state index contributed by atoms with van der Waals surface area (Å²) in [7, 11) is 0. The molecule has 0 bridgehead atoms. The first-order valence-electron chi connectivity index (χ1n) is 5.79. The third-order valence-corrected chi connectivity index (χ3v) is 2.84. The van der Waals surface area contributed by atoms with Gasteiger partial charge in [0.05, 0.1) is 12.7 Å². The zero-order valence-electron chi connectivity index (χ0n) is 9.17. The van der Waals surface area contributed by atoms with Crippen LogP contribution in [0.2, 0.25) is 0 Å². The summed E-state index contributed by atoms with van der Waals surface area (Å²) in [5.41, 5.74) is 0. The molecule has 1 aliphatic rings. The number of ether oxygens (including phenoxy) is 1. The molecule has 0 amide bonds. The standard InChI is InChI=1S/C11H23NO2/c1-2-12-8-11(13)9-14-7-6-10-4-3-5-10/h10-13H,2-9H2,1H3. The molecule has 3 heteroatoms. The van der Waals surface area contributed by atoms with Gasteiger partial charge in [-0.3, -0.25) is 0 Å². The van der Waals surface area contributed by atoms with E-state index >= 15 is 0 Å². The minimum absolute atomic E-state index is 0.351. The first kappa shape index (κ1) is 12.0. The van der Waals surface area contributed by atoms with Crippen LogP contribution in [0.25, 0.3) is 0 Å². The van der Waals surface area contributed by atoms with Crippen molar-refractivity contribution < 1.29 is 9.84 Å². The van der Waals surface area contributed by atoms with Crippen LogP contribution in [0.5, 0.6) is 0 Å². The van der Waals surface area contributed by atoms with E-state index in [9.17, 15) is 5.11 Å². The van der Waals surface area contributed by atoms with Crippen LogP contribution in [0.15, 0.2) is 0 Å². The molecular weight excluding hydrogens is 178 g/mol. The number of likely N-dealkylation sites (N-methyl/N-ethyl adjacent to an activating group) is 1. The highest BCUT2D eigenvalue weighted by Gasteiger charge is 2.16. The predicted molar refractivity (Wildman–Crippen MR) is 57.3 cm³/mol. The summed E-state index contributed by atoms with van der Waals surface area (Å²) in [5.74, 6) is 0.904. The van der Waals surface area contributed by atoms with E-state index in [0.29, 0.717) is 13.2 Å². The van der Waals surface area contributed by atoms with Crippen LogP contribution in [-0.4, -0.2) is 37.5 Å². The first-order valence-corrected chi connectivity index (χ1v) is 5.79. The van der Waals surface area contributed by atoms with Crippen molar-refractivity contribution >= 4 is 0 Å². The van der Waals surface area contributed by atoms with Crippen molar-refractivity contribution in [2.24, 2.45) is 5.92 Å². The van der Waals surface area contributed by atoms with E-state index in [-0.39, 0.29) is 6.10 Å². The molecule has 3 nitrogen and oxygen atoms in total. The van der Waals surface area contributed by atoms with Crippen LogP contribution < -0.4 is 5.32 Å². The van der Waals surface area contributed by atoms with Crippen molar-refractivity contribution in [3.63, 3.8) is 0 Å². The van der Waals surface area contributed by atoms with Gasteiger partial charge < -0.3 is 15.2 Å². The van der Waals surface area contributed by atoms with E-state index in [1.54, 1.807) is 0 Å². The summed E-state index contributed by atoms with van der Waals surface area (Å²) in [6.07, 6.45) is 4.98. The monoisotopic (exact) mass is 201 g/mol. The number of aliphatic hydroxyl groups is 1. The van der Waals surface area contributed by atoms with Crippen LogP contribution in [-0.2, 0) is 4.74 Å². The Kier molecular flexibility index (Phi) is 6.15. The van der Waals surface area contributed by atoms with Crippen molar-refractivity contribution in [1.29, 1.82) is 0 Å². The van der Waals surface area contributed by atoms with E-state index in [2.05, 4.69) is 5.32 Å². The molecule has 0 radical (unpaired) electrons. The fourth-order valence-corrected chi connectivity index (χ4v) is 1.62. The molecule has 84 valence electrons. The summed E-state index contributed by atoms with van der Waals surface area (Å²) >= 11 is 0. The van der Waals surface area contributed by atoms with Crippen molar-refractivity contribution in [3.8, 4) is 0 Å². The molecule has 1 atom stereocenters. The SMILES string of the molecule is CCNCC(O)COCCC1CCC1. The van der Waals surface area contributed by atoms with Gasteiger partial charge in [0.1, 0.15) is 0 Å². The fraction of sp³-hybridized carbons (Fsp3) is 1.00. The molecule has 0 aromatic heterocycles. The Balaban J connectivity index is 1.81. The van der Waals surface area contributed by atoms with Crippen LogP contribution in [0.1, 0.15) is 32.6 Å². The molecule has 0 aromatic rings. The summed E-state index contributed by atoms with van der Waals surface area (Å²) < 4.78 is 5.41. The fourth-order valence-electron chi connectivity index (χ4n) is 1.62. The van der Waals surface area contributed by atoms with Gasteiger partial charge in [-0.05, 0) is 18.9 Å². The molecule has 0 spiro atoms. The lowest BCUT2D eigenvalue weighted by molar-refractivity contribution is 0.0279. The Morgan fingerprint density at radius 2 is 2.29 bits per heavy atom. The highest BCUT2D eigenvalue weighted by atomic mass is 16.5. The van der Waals surface area contributed by atoms with Gasteiger partial charge in [0.15, 0.2) is 0 Å². The Labute approximate surface area is 86.8 Å². The molecule has 1 rings (SSSR count). The molecule has 1 saturated carbocycles. The van der Waals surface area contributed by atoms with E-state index in [4.69, 9.17) is 4.74 Å². The minimum Gasteiger partial charge on any atom is -0.389 e. The molecule has 1 aliphatic carbocycles. The molecule has 0 heterocycles. The predicted octanol–water partition coefficient (Wildman–Crippen LogP) is 1.16. The molecule has 1 fully saturated rings. The maximum Gasteiger partial charge on any atom is 0.0897 e. The molecule has 0 saturated heterocycles. The van der Waals surface area contributed by atoms with E-state index in [0.717, 1.165) is 19.1 Å². The third kappa shape index (κ3) is 4.94. The van der Waals surface area contributed by atoms with Gasteiger partial charge >= 0.3 is 0 Å². The lowest BCUT2D eigenvalue weighted by Gasteiger charge is -2.25. The van der Waals surface area contributed by atoms with Crippen molar-refractivity contribution in [2.75, 3.05) is 26.3 Å². The number of rotatable bonds is 8. The Morgan fingerprint density at radius 1 is 1.50 bits per heavy atom. The Morgan fingerprint density at radius 3 is 2.86 bits per heavy atom. The Hall–Kier alpha value is -0.120. The number of hydrogen-bond acceptors (Lipinski definition) is 3.